The Balaban J connectivity index is 2.40. The number of carbonyl (C=O) groups is 2. The Labute approximate surface area is 111 Å². The maximum absolute atomic E-state index is 11.8. The minimum Gasteiger partial charge on any atom is -0.479 e. The Kier molecular flexibility index (Phi) is 5.28. The number of rotatable bonds is 3. The van der Waals surface area contributed by atoms with E-state index in [0.717, 1.165) is 12.2 Å². The molecule has 6 nitrogen and oxygen atoms in total. The van der Waals surface area contributed by atoms with Gasteiger partial charge in [-0.3, -0.25) is 0 Å². The zero-order chi connectivity index (χ0) is 13.8. The van der Waals surface area contributed by atoms with Crippen LogP contribution in [-0.2, 0) is 4.79 Å². The number of aliphatic carboxylic acids is 1. The number of urea groups is 1. The van der Waals surface area contributed by atoms with Gasteiger partial charge in [-0.25, -0.2) is 9.59 Å². The molecule has 1 heterocycles. The normalized spacial score (nSPS) is 20.9. The number of carbonyl (C=O) groups excluding carboxylic acids is 1. The average Bonchev–Trinajstić information content (AvgIpc) is 2.46. The number of amides is 2. The highest BCUT2D eigenvalue weighted by Crippen LogP contribution is 2.30. The van der Waals surface area contributed by atoms with E-state index in [9.17, 15) is 9.59 Å². The number of carboxylic acid groups (broad SMARTS) is 1. The highest BCUT2D eigenvalue weighted by molar-refractivity contribution is 8.00. The SMILES string of the molecule is CC1(C)CCN(C(=O)NC[C@H](O)C(=O)O)CCS1. The molecule has 2 amide bonds. The van der Waals surface area contributed by atoms with Crippen molar-refractivity contribution in [1.29, 1.82) is 0 Å². The zero-order valence-electron chi connectivity index (χ0n) is 10.7. The van der Waals surface area contributed by atoms with Gasteiger partial charge in [0.05, 0.1) is 6.54 Å². The van der Waals surface area contributed by atoms with Crippen molar-refractivity contribution >= 4 is 23.8 Å². The van der Waals surface area contributed by atoms with Gasteiger partial charge in [0, 0.05) is 23.6 Å². The monoisotopic (exact) mass is 276 g/mol. The molecule has 0 aromatic rings. The van der Waals surface area contributed by atoms with E-state index in [-0.39, 0.29) is 17.3 Å². The van der Waals surface area contributed by atoms with Gasteiger partial charge in [-0.2, -0.15) is 11.8 Å². The molecule has 7 heteroatoms. The highest BCUT2D eigenvalue weighted by Gasteiger charge is 2.26. The third-order valence-electron chi connectivity index (χ3n) is 2.86. The third kappa shape index (κ3) is 4.73. The lowest BCUT2D eigenvalue weighted by Crippen LogP contribution is -2.45. The Morgan fingerprint density at radius 1 is 1.44 bits per heavy atom. The van der Waals surface area contributed by atoms with E-state index in [2.05, 4.69) is 19.2 Å². The second-order valence-corrected chi connectivity index (χ2v) is 6.69. The maximum Gasteiger partial charge on any atom is 0.334 e. The molecule has 0 bridgehead atoms. The van der Waals surface area contributed by atoms with Gasteiger partial charge >= 0.3 is 12.0 Å². The molecule has 18 heavy (non-hydrogen) atoms. The van der Waals surface area contributed by atoms with Crippen LogP contribution in [0.1, 0.15) is 20.3 Å². The van der Waals surface area contributed by atoms with Crippen LogP contribution in [0.15, 0.2) is 0 Å². The predicted octanol–water partition coefficient (Wildman–Crippen LogP) is 0.359. The number of nitrogens with zero attached hydrogens (tertiary/aromatic N) is 1. The molecule has 0 unspecified atom stereocenters. The van der Waals surface area contributed by atoms with Gasteiger partial charge in [-0.05, 0) is 6.42 Å². The van der Waals surface area contributed by atoms with Crippen LogP contribution < -0.4 is 5.32 Å². The molecule has 0 radical (unpaired) electrons. The van der Waals surface area contributed by atoms with Crippen molar-refractivity contribution in [3.05, 3.63) is 0 Å². The Morgan fingerprint density at radius 2 is 2.11 bits per heavy atom. The number of aliphatic hydroxyl groups is 1. The van der Waals surface area contributed by atoms with Crippen LogP contribution in [0.2, 0.25) is 0 Å². The summed E-state index contributed by atoms with van der Waals surface area (Å²) in [7, 11) is 0. The van der Waals surface area contributed by atoms with Gasteiger partial charge < -0.3 is 20.4 Å². The largest absolute Gasteiger partial charge is 0.479 e. The molecular weight excluding hydrogens is 256 g/mol. The van der Waals surface area contributed by atoms with Crippen LogP contribution in [-0.4, -0.2) is 63.4 Å². The molecule has 1 saturated heterocycles. The highest BCUT2D eigenvalue weighted by atomic mass is 32.2. The van der Waals surface area contributed by atoms with Crippen LogP contribution >= 0.6 is 11.8 Å². The fourth-order valence-electron chi connectivity index (χ4n) is 1.61. The second kappa shape index (κ2) is 6.29. The molecule has 0 spiro atoms. The van der Waals surface area contributed by atoms with E-state index in [4.69, 9.17) is 10.2 Å². The van der Waals surface area contributed by atoms with Gasteiger partial charge in [-0.1, -0.05) is 13.8 Å². The molecule has 0 aromatic carbocycles. The summed E-state index contributed by atoms with van der Waals surface area (Å²) in [5, 5.41) is 20.0. The number of hydrogen-bond acceptors (Lipinski definition) is 4. The summed E-state index contributed by atoms with van der Waals surface area (Å²) in [5.74, 6) is -0.468. The van der Waals surface area contributed by atoms with Crippen LogP contribution in [0.3, 0.4) is 0 Å². The summed E-state index contributed by atoms with van der Waals surface area (Å²) in [4.78, 5) is 23.9. The number of carboxylic acids is 1. The van der Waals surface area contributed by atoms with E-state index in [1.54, 1.807) is 4.90 Å². The number of nitrogens with one attached hydrogen (secondary N) is 1. The van der Waals surface area contributed by atoms with E-state index >= 15 is 0 Å². The second-order valence-electron chi connectivity index (χ2n) is 4.89. The Morgan fingerprint density at radius 3 is 2.72 bits per heavy atom. The molecule has 1 aliphatic rings. The number of thioether (sulfide) groups is 1. The van der Waals surface area contributed by atoms with Gasteiger partial charge in [-0.15, -0.1) is 0 Å². The first kappa shape index (κ1) is 15.1. The summed E-state index contributed by atoms with van der Waals surface area (Å²) < 4.78 is 0.162. The minimum atomic E-state index is -1.55. The van der Waals surface area contributed by atoms with E-state index in [1.807, 2.05) is 11.8 Å². The van der Waals surface area contributed by atoms with Crippen LogP contribution in [0.4, 0.5) is 4.79 Å². The fraction of sp³-hybridized carbons (Fsp3) is 0.818. The first-order valence-electron chi connectivity index (χ1n) is 5.89. The lowest BCUT2D eigenvalue weighted by atomic mass is 10.1. The molecule has 0 aromatic heterocycles. The molecule has 0 aliphatic carbocycles. The first-order chi connectivity index (χ1) is 8.32. The smallest absolute Gasteiger partial charge is 0.334 e. The molecule has 0 saturated carbocycles. The van der Waals surface area contributed by atoms with Crippen LogP contribution in [0.5, 0.6) is 0 Å². The summed E-state index contributed by atoms with van der Waals surface area (Å²) in [6, 6.07) is -0.311. The van der Waals surface area contributed by atoms with E-state index < -0.39 is 12.1 Å². The van der Waals surface area contributed by atoms with E-state index in [1.165, 1.54) is 0 Å². The fourth-order valence-corrected chi connectivity index (χ4v) is 2.71. The molecule has 3 N–H and O–H groups in total. The molecule has 104 valence electrons. The maximum atomic E-state index is 11.8. The average molecular weight is 276 g/mol. The standard InChI is InChI=1S/C11H20N2O4S/c1-11(2)3-4-13(5-6-18-11)10(17)12-7-8(14)9(15)16/h8,14H,3-7H2,1-2H3,(H,12,17)(H,15,16)/t8-/m0/s1. The summed E-state index contributed by atoms with van der Waals surface area (Å²) in [6.07, 6.45) is -0.654. The predicted molar refractivity (Wildman–Crippen MR) is 69.8 cm³/mol. The van der Waals surface area contributed by atoms with Gasteiger partial charge in [0.15, 0.2) is 6.10 Å². The first-order valence-corrected chi connectivity index (χ1v) is 6.88. The van der Waals surface area contributed by atoms with Crippen molar-refractivity contribution in [2.75, 3.05) is 25.4 Å². The summed E-state index contributed by atoms with van der Waals surface area (Å²) in [6.45, 7) is 5.32. The lowest BCUT2D eigenvalue weighted by molar-refractivity contribution is -0.146. The van der Waals surface area contributed by atoms with Crippen LogP contribution in [0, 0.1) is 0 Å². The quantitative estimate of drug-likeness (QED) is 0.692. The number of hydrogen-bond donors (Lipinski definition) is 3. The topological polar surface area (TPSA) is 89.9 Å². The minimum absolute atomic E-state index is 0.162. The molecule has 1 fully saturated rings. The summed E-state index contributed by atoms with van der Waals surface area (Å²) >= 11 is 1.83. The third-order valence-corrected chi connectivity index (χ3v) is 4.23. The number of aliphatic hydroxyl groups excluding tert-OH is 1. The Hall–Kier alpha value is -0.950. The van der Waals surface area contributed by atoms with Gasteiger partial charge in [0.25, 0.3) is 0 Å². The van der Waals surface area contributed by atoms with Crippen molar-refractivity contribution in [3.8, 4) is 0 Å². The van der Waals surface area contributed by atoms with Crippen molar-refractivity contribution in [3.63, 3.8) is 0 Å². The van der Waals surface area contributed by atoms with Crippen molar-refractivity contribution in [2.45, 2.75) is 31.1 Å². The zero-order valence-corrected chi connectivity index (χ0v) is 11.5. The van der Waals surface area contributed by atoms with Crippen molar-refractivity contribution in [2.24, 2.45) is 0 Å². The lowest BCUT2D eigenvalue weighted by Gasteiger charge is -2.23. The molecule has 1 atom stereocenters. The van der Waals surface area contributed by atoms with E-state index in [0.29, 0.717) is 13.1 Å². The van der Waals surface area contributed by atoms with Crippen molar-refractivity contribution < 1.29 is 19.8 Å². The van der Waals surface area contributed by atoms with Gasteiger partial charge in [0.2, 0.25) is 0 Å². The van der Waals surface area contributed by atoms with Crippen LogP contribution in [0.25, 0.3) is 0 Å². The van der Waals surface area contributed by atoms with Gasteiger partial charge in [0.1, 0.15) is 0 Å². The van der Waals surface area contributed by atoms with Crippen molar-refractivity contribution in [1.82, 2.24) is 10.2 Å². The molecule has 1 rings (SSSR count). The summed E-state index contributed by atoms with van der Waals surface area (Å²) in [5.41, 5.74) is 0. The Bertz CT molecular complexity index is 322. The molecular formula is C11H20N2O4S. The molecule has 1 aliphatic heterocycles.